The minimum absolute atomic E-state index is 0.0228. The maximum Gasteiger partial charge on any atom is 0.222 e. The van der Waals surface area contributed by atoms with Crippen LogP contribution in [0.15, 0.2) is 0 Å². The molecule has 32 heavy (non-hydrogen) atoms. The zero-order chi connectivity index (χ0) is 23.3. The molecule has 2 N–H and O–H groups in total. The van der Waals surface area contributed by atoms with Gasteiger partial charge in [-0.05, 0) is 44.6 Å². The van der Waals surface area contributed by atoms with Crippen molar-refractivity contribution in [2.24, 2.45) is 0 Å². The lowest BCUT2D eigenvalue weighted by molar-refractivity contribution is -0.131. The van der Waals surface area contributed by atoms with Gasteiger partial charge in [0, 0.05) is 42.6 Å². The molecule has 0 spiro atoms. The number of rotatable bonds is 6. The van der Waals surface area contributed by atoms with Crippen LogP contribution in [-0.2, 0) is 36.1 Å². The van der Waals surface area contributed by atoms with Crippen molar-refractivity contribution in [3.05, 3.63) is 33.9 Å². The summed E-state index contributed by atoms with van der Waals surface area (Å²) in [4.78, 5) is 16.7. The summed E-state index contributed by atoms with van der Waals surface area (Å²) in [7, 11) is 0. The van der Waals surface area contributed by atoms with E-state index in [-0.39, 0.29) is 16.9 Å². The number of aromatic nitrogens is 4. The van der Waals surface area contributed by atoms with Crippen molar-refractivity contribution in [2.45, 2.75) is 104 Å². The van der Waals surface area contributed by atoms with E-state index >= 15 is 0 Å². The van der Waals surface area contributed by atoms with Crippen LogP contribution < -0.4 is 0 Å². The molecule has 0 fully saturated rings. The number of H-pyrrole nitrogens is 2. The molecule has 0 radical (unpaired) electrons. The van der Waals surface area contributed by atoms with Gasteiger partial charge in [-0.15, -0.1) is 0 Å². The first kappa shape index (κ1) is 23.0. The Morgan fingerprint density at radius 1 is 1.00 bits per heavy atom. The average Bonchev–Trinajstić information content (AvgIpc) is 3.36. The van der Waals surface area contributed by atoms with Gasteiger partial charge >= 0.3 is 0 Å². The van der Waals surface area contributed by atoms with Crippen LogP contribution in [0.3, 0.4) is 0 Å². The van der Waals surface area contributed by atoms with E-state index in [1.54, 1.807) is 0 Å². The van der Waals surface area contributed by atoms with E-state index in [1.807, 2.05) is 11.8 Å². The molecule has 2 aliphatic rings. The summed E-state index contributed by atoms with van der Waals surface area (Å²) in [5.41, 5.74) is 7.50. The Morgan fingerprint density at radius 3 is 2.34 bits per heavy atom. The van der Waals surface area contributed by atoms with Gasteiger partial charge in [-0.1, -0.05) is 34.6 Å². The number of aromatic amines is 2. The number of carbonyl (C=O) groups is 1. The van der Waals surface area contributed by atoms with Gasteiger partial charge in [-0.3, -0.25) is 19.9 Å². The number of hydrogen-bond donors (Lipinski definition) is 2. The summed E-state index contributed by atoms with van der Waals surface area (Å²) in [5.74, 6) is 0.680. The van der Waals surface area contributed by atoms with Crippen LogP contribution in [0.25, 0.3) is 0 Å². The number of nitrogens with one attached hydrogen (secondary N) is 2. The predicted octanol–water partition coefficient (Wildman–Crippen LogP) is 4.06. The van der Waals surface area contributed by atoms with E-state index in [0.29, 0.717) is 18.9 Å². The SMILES string of the molecule is CCC(=O)N1CCc2c(C(C)(C)CC(C)(C)N3CCc4c(C(C)C)n[nH]c4C3)n[nH]c2C1. The van der Waals surface area contributed by atoms with Crippen LogP contribution in [-0.4, -0.2) is 54.7 Å². The molecule has 0 unspecified atom stereocenters. The Bertz CT molecular complexity index is 983. The largest absolute Gasteiger partial charge is 0.336 e. The molecular weight excluding hydrogens is 400 g/mol. The van der Waals surface area contributed by atoms with Crippen LogP contribution in [0.5, 0.6) is 0 Å². The van der Waals surface area contributed by atoms with Crippen LogP contribution >= 0.6 is 0 Å². The molecular formula is C25H40N6O. The highest BCUT2D eigenvalue weighted by Crippen LogP contribution is 2.39. The fraction of sp³-hybridized carbons (Fsp3) is 0.720. The third kappa shape index (κ3) is 4.12. The van der Waals surface area contributed by atoms with E-state index in [2.05, 4.69) is 61.7 Å². The smallest absolute Gasteiger partial charge is 0.222 e. The molecule has 0 atom stereocenters. The van der Waals surface area contributed by atoms with Gasteiger partial charge in [-0.2, -0.15) is 10.2 Å². The normalized spacial score (nSPS) is 17.6. The van der Waals surface area contributed by atoms with Gasteiger partial charge in [-0.25, -0.2) is 0 Å². The van der Waals surface area contributed by atoms with Crippen LogP contribution in [0.4, 0.5) is 0 Å². The van der Waals surface area contributed by atoms with Gasteiger partial charge in [0.2, 0.25) is 5.91 Å². The number of hydrogen-bond acceptors (Lipinski definition) is 4. The topological polar surface area (TPSA) is 80.9 Å². The van der Waals surface area contributed by atoms with Gasteiger partial charge < -0.3 is 4.90 Å². The highest BCUT2D eigenvalue weighted by molar-refractivity contribution is 5.76. The van der Waals surface area contributed by atoms with Crippen molar-refractivity contribution in [2.75, 3.05) is 13.1 Å². The second-order valence-electron chi connectivity index (χ2n) is 11.2. The standard InChI is InChI=1S/C25H40N6O/c1-8-21(32)30-11-9-18-19(13-30)27-29-23(18)24(4,5)15-25(6,7)31-12-10-17-20(14-31)26-28-22(17)16(2)3/h16H,8-15H2,1-7H3,(H,26,28)(H,27,29). The molecule has 7 heteroatoms. The van der Waals surface area contributed by atoms with Crippen molar-refractivity contribution in [3.63, 3.8) is 0 Å². The Hall–Kier alpha value is -2.15. The molecule has 176 valence electrons. The minimum atomic E-state index is -0.0676. The van der Waals surface area contributed by atoms with E-state index in [0.717, 1.165) is 44.6 Å². The van der Waals surface area contributed by atoms with Gasteiger partial charge in [0.25, 0.3) is 0 Å². The Morgan fingerprint density at radius 2 is 1.66 bits per heavy atom. The Balaban J connectivity index is 1.50. The number of amides is 1. The van der Waals surface area contributed by atoms with Gasteiger partial charge in [0.1, 0.15) is 0 Å². The minimum Gasteiger partial charge on any atom is -0.336 e. The maximum absolute atomic E-state index is 12.1. The first-order valence-corrected chi connectivity index (χ1v) is 12.2. The number of nitrogens with zero attached hydrogens (tertiary/aromatic N) is 4. The van der Waals surface area contributed by atoms with Crippen molar-refractivity contribution in [3.8, 4) is 0 Å². The second-order valence-corrected chi connectivity index (χ2v) is 11.2. The van der Waals surface area contributed by atoms with Crippen molar-refractivity contribution in [1.82, 2.24) is 30.2 Å². The molecule has 0 aromatic carbocycles. The third-order valence-electron chi connectivity index (χ3n) is 7.47. The van der Waals surface area contributed by atoms with E-state index in [1.165, 1.54) is 28.2 Å². The molecule has 2 aliphatic heterocycles. The zero-order valence-corrected chi connectivity index (χ0v) is 20.9. The second kappa shape index (κ2) is 8.32. The van der Waals surface area contributed by atoms with Crippen molar-refractivity contribution >= 4 is 5.91 Å². The first-order chi connectivity index (χ1) is 15.0. The van der Waals surface area contributed by atoms with Crippen LogP contribution in [0.2, 0.25) is 0 Å². The lowest BCUT2D eigenvalue weighted by atomic mass is 9.74. The molecule has 1 amide bonds. The molecule has 4 heterocycles. The highest BCUT2D eigenvalue weighted by atomic mass is 16.2. The van der Waals surface area contributed by atoms with Gasteiger partial charge in [0.15, 0.2) is 0 Å². The lowest BCUT2D eigenvalue weighted by Gasteiger charge is -2.45. The summed E-state index contributed by atoms with van der Waals surface area (Å²) >= 11 is 0. The molecule has 0 bridgehead atoms. The van der Waals surface area contributed by atoms with E-state index in [9.17, 15) is 4.79 Å². The van der Waals surface area contributed by atoms with E-state index in [4.69, 9.17) is 5.10 Å². The highest BCUT2D eigenvalue weighted by Gasteiger charge is 2.40. The molecule has 0 aliphatic carbocycles. The summed E-state index contributed by atoms with van der Waals surface area (Å²) in [6, 6.07) is 0. The van der Waals surface area contributed by atoms with Gasteiger partial charge in [0.05, 0.1) is 29.3 Å². The number of fused-ring (bicyclic) bond motifs is 2. The summed E-state index contributed by atoms with van der Waals surface area (Å²) < 4.78 is 0. The van der Waals surface area contributed by atoms with Crippen LogP contribution in [0, 0.1) is 0 Å². The lowest BCUT2D eigenvalue weighted by Crippen LogP contribution is -2.49. The molecule has 2 aromatic rings. The molecule has 4 rings (SSSR count). The monoisotopic (exact) mass is 440 g/mol. The maximum atomic E-state index is 12.1. The summed E-state index contributed by atoms with van der Waals surface area (Å²) in [5, 5.41) is 16.0. The number of carbonyl (C=O) groups excluding carboxylic acids is 1. The average molecular weight is 441 g/mol. The molecule has 0 saturated heterocycles. The van der Waals surface area contributed by atoms with Crippen molar-refractivity contribution in [1.29, 1.82) is 0 Å². The third-order valence-corrected chi connectivity index (χ3v) is 7.47. The Kier molecular flexibility index (Phi) is 5.99. The van der Waals surface area contributed by atoms with E-state index < -0.39 is 0 Å². The quantitative estimate of drug-likeness (QED) is 0.710. The van der Waals surface area contributed by atoms with Crippen molar-refractivity contribution < 1.29 is 4.79 Å². The summed E-state index contributed by atoms with van der Waals surface area (Å²) in [6.45, 7) is 19.1. The summed E-state index contributed by atoms with van der Waals surface area (Å²) in [6.07, 6.45) is 3.51. The van der Waals surface area contributed by atoms with Crippen LogP contribution in [0.1, 0.15) is 101 Å². The molecule has 0 saturated carbocycles. The fourth-order valence-electron chi connectivity index (χ4n) is 5.93. The first-order valence-electron chi connectivity index (χ1n) is 12.2. The molecule has 7 nitrogen and oxygen atoms in total. The Labute approximate surface area is 192 Å². The predicted molar refractivity (Wildman–Crippen MR) is 127 cm³/mol. The molecule has 2 aromatic heterocycles. The zero-order valence-electron chi connectivity index (χ0n) is 20.9. The fourth-order valence-corrected chi connectivity index (χ4v) is 5.93.